The summed E-state index contributed by atoms with van der Waals surface area (Å²) >= 11 is 0. The van der Waals surface area contributed by atoms with Crippen LogP contribution in [-0.2, 0) is 0 Å². The first-order valence-electron chi connectivity index (χ1n) is 26.7. The first-order valence-corrected chi connectivity index (χ1v) is 26.7. The fourth-order valence-corrected chi connectivity index (χ4v) is 14.4. The number of rotatable bonds is 8. The van der Waals surface area contributed by atoms with Gasteiger partial charge in [-0.05, 0) is 151 Å². The molecule has 0 amide bonds. The molecule has 5 nitrogen and oxygen atoms in total. The van der Waals surface area contributed by atoms with E-state index in [2.05, 4.69) is 181 Å². The van der Waals surface area contributed by atoms with Gasteiger partial charge in [0.15, 0.2) is 6.17 Å². The van der Waals surface area contributed by atoms with E-state index in [1.54, 1.807) is 0 Å². The number of nitrogens with zero attached hydrogens (tertiary/aromatic N) is 3. The molecular weight excluding hydrogens is 841 g/mol. The van der Waals surface area contributed by atoms with Crippen molar-refractivity contribution in [3.63, 3.8) is 0 Å². The van der Waals surface area contributed by atoms with Gasteiger partial charge in [-0.2, -0.15) is 0 Å². The van der Waals surface area contributed by atoms with Crippen LogP contribution in [0.4, 0.5) is 0 Å². The monoisotopic (exact) mass is 907 g/mol. The maximum absolute atomic E-state index is 7.16. The lowest BCUT2D eigenvalue weighted by molar-refractivity contribution is 0.109. The summed E-state index contributed by atoms with van der Waals surface area (Å²) in [7, 11) is 0. The van der Waals surface area contributed by atoms with Crippen molar-refractivity contribution < 1.29 is 4.74 Å². The largest absolute Gasteiger partial charge is 0.485 e. The van der Waals surface area contributed by atoms with E-state index in [0.29, 0.717) is 47.7 Å². The maximum atomic E-state index is 7.16. The van der Waals surface area contributed by atoms with Gasteiger partial charge >= 0.3 is 0 Å². The van der Waals surface area contributed by atoms with Gasteiger partial charge in [-0.3, -0.25) is 4.90 Å². The molecule has 2 fully saturated rings. The summed E-state index contributed by atoms with van der Waals surface area (Å²) in [5, 5.41) is 3.93. The van der Waals surface area contributed by atoms with Gasteiger partial charge in [0.05, 0.1) is 0 Å². The number of fused-ring (bicyclic) bond motifs is 7. The van der Waals surface area contributed by atoms with Gasteiger partial charge in [-0.1, -0.05) is 166 Å². The number of allylic oxidation sites excluding steroid dienone is 19. The quantitative estimate of drug-likeness (QED) is 0.269. The third kappa shape index (κ3) is 7.80. The number of hydrogen-bond donors (Lipinski definition) is 1. The van der Waals surface area contributed by atoms with Gasteiger partial charge in [0.25, 0.3) is 0 Å². The molecule has 0 spiro atoms. The van der Waals surface area contributed by atoms with Crippen molar-refractivity contribution in [1.29, 1.82) is 0 Å². The zero-order valence-electron chi connectivity index (χ0n) is 40.2. The highest BCUT2D eigenvalue weighted by atomic mass is 16.5. The molecule has 5 heteroatoms. The third-order valence-electron chi connectivity index (χ3n) is 17.5. The van der Waals surface area contributed by atoms with Gasteiger partial charge < -0.3 is 10.1 Å². The molecule has 8 aliphatic carbocycles. The van der Waals surface area contributed by atoms with Gasteiger partial charge in [-0.15, -0.1) is 0 Å². The molecule has 9 unspecified atom stereocenters. The van der Waals surface area contributed by atoms with Crippen LogP contribution in [0, 0.1) is 29.6 Å². The van der Waals surface area contributed by atoms with Crippen molar-refractivity contribution in [2.45, 2.75) is 120 Å². The Morgan fingerprint density at radius 1 is 0.681 bits per heavy atom. The van der Waals surface area contributed by atoms with Crippen LogP contribution in [0.25, 0.3) is 16.7 Å². The van der Waals surface area contributed by atoms with Crippen molar-refractivity contribution in [2.24, 2.45) is 39.6 Å². The lowest BCUT2D eigenvalue weighted by Gasteiger charge is -2.40. The normalized spacial score (nSPS) is 33.9. The SMILES string of the molecule is CC1CCC[C@@H]2C1C1C3c4c(cccc4-c4ccc(C5=CC(C6=CCCC=C6)=CCC5C5C=CC=CC5)cc4C4=NC(C5=CC=CCC5)N=C(C5=CCCC=C5)N4)O[C@@H]3C=CC1N2C1C=CC=CC1. The Hall–Kier alpha value is -6.04. The Bertz CT molecular complexity index is 2900. The average Bonchev–Trinajstić information content (AvgIpc) is 3.98. The first kappa shape index (κ1) is 43.0. The van der Waals surface area contributed by atoms with E-state index < -0.39 is 0 Å². The van der Waals surface area contributed by atoms with Gasteiger partial charge in [0, 0.05) is 40.7 Å². The van der Waals surface area contributed by atoms with Crippen molar-refractivity contribution in [2.75, 3.05) is 0 Å². The number of nitrogens with one attached hydrogen (secondary N) is 1. The molecule has 0 radical (unpaired) electrons. The van der Waals surface area contributed by atoms with Crippen LogP contribution in [0.3, 0.4) is 0 Å². The van der Waals surface area contributed by atoms with E-state index in [4.69, 9.17) is 14.7 Å². The van der Waals surface area contributed by atoms with E-state index in [0.717, 1.165) is 86.3 Å². The van der Waals surface area contributed by atoms with Crippen LogP contribution in [0.15, 0.2) is 196 Å². The summed E-state index contributed by atoms with van der Waals surface area (Å²) in [5.41, 5.74) is 12.8. The van der Waals surface area contributed by atoms with Crippen molar-refractivity contribution >= 4 is 17.2 Å². The zero-order chi connectivity index (χ0) is 45.8. The molecule has 11 atom stereocenters. The van der Waals surface area contributed by atoms with Crippen LogP contribution in [0.5, 0.6) is 5.75 Å². The third-order valence-corrected chi connectivity index (χ3v) is 17.5. The number of benzene rings is 2. The summed E-state index contributed by atoms with van der Waals surface area (Å²) in [5.74, 6) is 5.65. The molecule has 2 aromatic carbocycles. The molecule has 11 aliphatic rings. The molecule has 1 saturated carbocycles. The van der Waals surface area contributed by atoms with Crippen LogP contribution >= 0.6 is 0 Å². The van der Waals surface area contributed by atoms with E-state index in [-0.39, 0.29) is 18.2 Å². The molecule has 3 heterocycles. The molecular formula is C64H66N4O. The second kappa shape index (κ2) is 18.4. The van der Waals surface area contributed by atoms with Crippen LogP contribution in [0.2, 0.25) is 0 Å². The molecule has 3 aliphatic heterocycles. The fraction of sp³-hybridized carbons (Fsp3) is 0.375. The molecule has 13 rings (SSSR count). The summed E-state index contributed by atoms with van der Waals surface area (Å²) in [4.78, 5) is 14.0. The van der Waals surface area contributed by atoms with Crippen LogP contribution in [0.1, 0.15) is 107 Å². The Balaban J connectivity index is 0.983. The summed E-state index contributed by atoms with van der Waals surface area (Å²) in [6.45, 7) is 2.56. The Labute approximate surface area is 410 Å². The number of aliphatic imine (C=N–C) groups is 2. The fourth-order valence-electron chi connectivity index (χ4n) is 14.4. The van der Waals surface area contributed by atoms with E-state index in [1.807, 2.05) is 0 Å². The molecule has 1 saturated heterocycles. The highest BCUT2D eigenvalue weighted by molar-refractivity contribution is 6.19. The summed E-state index contributed by atoms with van der Waals surface area (Å²) in [6, 6.07) is 15.7. The number of likely N-dealkylation sites (tertiary alicyclic amines) is 1. The second-order valence-corrected chi connectivity index (χ2v) is 21.4. The number of hydrogen-bond acceptors (Lipinski definition) is 5. The summed E-state index contributed by atoms with van der Waals surface area (Å²) in [6.07, 6.45) is 62.5. The highest BCUT2D eigenvalue weighted by Gasteiger charge is 2.59. The minimum Gasteiger partial charge on any atom is -0.485 e. The second-order valence-electron chi connectivity index (χ2n) is 21.4. The maximum Gasteiger partial charge on any atom is 0.166 e. The number of amidine groups is 2. The van der Waals surface area contributed by atoms with E-state index in [1.165, 1.54) is 63.8 Å². The Morgan fingerprint density at radius 3 is 2.33 bits per heavy atom. The number of ether oxygens (including phenoxy) is 1. The minimum atomic E-state index is -0.300. The van der Waals surface area contributed by atoms with Gasteiger partial charge in [0.2, 0.25) is 0 Å². The lowest BCUT2D eigenvalue weighted by Crippen LogP contribution is -2.46. The van der Waals surface area contributed by atoms with Crippen molar-refractivity contribution in [3.05, 3.63) is 203 Å². The van der Waals surface area contributed by atoms with Crippen molar-refractivity contribution in [3.8, 4) is 16.9 Å². The molecule has 1 N–H and O–H groups in total. The minimum absolute atomic E-state index is 0.0188. The molecule has 348 valence electrons. The molecule has 2 aromatic rings. The Kier molecular flexibility index (Phi) is 11.5. The predicted octanol–water partition coefficient (Wildman–Crippen LogP) is 14.1. The standard InChI is InChI=1S/C64H66N4O/c1-41-19-17-31-54-58(41)60-55(68(54)48-28-15-6-16-29-48)37-38-57-61(60)59-51(30-18-32-56(59)69-57)50-36-34-47(52-39-46(42-20-7-2-8-21-42)33-35-49(52)43-22-9-3-10-23-43)40-53(50)64-66-62(44-24-11-4-12-25-44)65-63(67-64)45-26-13-5-14-27-45/h3-4,6-7,9-11,13,15-16,18,20-22,24,26-28,30,32-34,36-41,43,48-49,54-55,57-58,60-62H,2,5,8,12,14,17,19,23,25,29,31,35H2,1H3,(H,65,66,67)/t41?,43?,48?,49?,54-,55?,57-,58?,60?,61?,62?/m1/s1. The topological polar surface area (TPSA) is 49.2 Å². The average molecular weight is 907 g/mol. The van der Waals surface area contributed by atoms with Crippen LogP contribution in [-0.4, -0.2) is 47.0 Å². The van der Waals surface area contributed by atoms with Crippen molar-refractivity contribution in [1.82, 2.24) is 10.2 Å². The smallest absolute Gasteiger partial charge is 0.166 e. The predicted molar refractivity (Wildman–Crippen MR) is 285 cm³/mol. The van der Waals surface area contributed by atoms with E-state index >= 15 is 0 Å². The van der Waals surface area contributed by atoms with Gasteiger partial charge in [0.1, 0.15) is 23.5 Å². The van der Waals surface area contributed by atoms with E-state index in [9.17, 15) is 0 Å². The van der Waals surface area contributed by atoms with Crippen LogP contribution < -0.4 is 10.1 Å². The molecule has 69 heavy (non-hydrogen) atoms. The first-order chi connectivity index (χ1) is 34.1. The zero-order valence-corrected chi connectivity index (χ0v) is 40.2. The highest BCUT2D eigenvalue weighted by Crippen LogP contribution is 2.60. The Morgan fingerprint density at radius 2 is 1.54 bits per heavy atom. The van der Waals surface area contributed by atoms with Gasteiger partial charge in [-0.25, -0.2) is 9.98 Å². The lowest BCUT2D eigenvalue weighted by atomic mass is 9.63. The summed E-state index contributed by atoms with van der Waals surface area (Å²) < 4.78 is 7.16. The molecule has 0 aromatic heterocycles. The molecule has 0 bridgehead atoms.